The maximum absolute atomic E-state index is 9.95. The number of hydrogen-bond acceptors (Lipinski definition) is 4. The van der Waals surface area contributed by atoms with E-state index in [0.717, 1.165) is 26.4 Å². The van der Waals surface area contributed by atoms with Crippen molar-refractivity contribution in [3.8, 4) is 39.8 Å². The maximum atomic E-state index is 9.95. The van der Waals surface area contributed by atoms with Crippen LogP contribution in [-0.4, -0.2) is 33.6 Å². The van der Waals surface area contributed by atoms with E-state index in [1.165, 1.54) is 0 Å². The van der Waals surface area contributed by atoms with Crippen LogP contribution in [-0.2, 0) is 0 Å². The third kappa shape index (κ3) is 4.66. The van der Waals surface area contributed by atoms with Gasteiger partial charge in [-0.25, -0.2) is 9.97 Å². The van der Waals surface area contributed by atoms with Crippen LogP contribution in [0.1, 0.15) is 19.2 Å². The molecule has 0 aliphatic carbocycles. The molecule has 266 valence electrons. The second kappa shape index (κ2) is 12.3. The van der Waals surface area contributed by atoms with Gasteiger partial charge in [0, 0.05) is 51.1 Å². The number of rotatable bonds is 5. The van der Waals surface area contributed by atoms with Gasteiger partial charge in [-0.1, -0.05) is 109 Å². The van der Waals surface area contributed by atoms with Crippen molar-refractivity contribution in [3.63, 3.8) is 0 Å². The molecule has 12 aromatic rings. The molecule has 0 atom stereocenters. The van der Waals surface area contributed by atoms with E-state index in [9.17, 15) is 4.11 Å². The molecule has 6 aromatic carbocycles. The van der Waals surface area contributed by atoms with Crippen LogP contribution in [0.25, 0.3) is 106 Å². The van der Waals surface area contributed by atoms with E-state index >= 15 is 0 Å². The number of para-hydroxylation sites is 5. The molecule has 0 amide bonds. The molecule has 57 heavy (non-hydrogen) atoms. The monoisotopic (exact) mass is 743 g/mol. The van der Waals surface area contributed by atoms with Gasteiger partial charge in [-0.3, -0.25) is 14.5 Å². The standard InChI is InChI=1S/C50H31N7/c1-2-15-32(16-3-1)38-31-46(56-39-22-8-4-17-33(39)34-18-5-9-23-40(34)56)54-50(53-38)37-21-12-26-45(55-41-24-10-6-19-35(41)47-43(55)27-13-29-51-47)49(37)57-42-25-11-7-20-36(42)48-44(57)28-14-30-52-48/h1-31H/i1D,2D,3D,4D,5D,8D,9D,15D,16D,17D,18D,22D,23D,31D. The van der Waals surface area contributed by atoms with Gasteiger partial charge in [-0.15, -0.1) is 0 Å². The summed E-state index contributed by atoms with van der Waals surface area (Å²) >= 11 is 0. The first-order chi connectivity index (χ1) is 34.1. The second-order valence-electron chi connectivity index (χ2n) is 13.2. The Morgan fingerprint density at radius 2 is 1.02 bits per heavy atom. The fourth-order valence-electron chi connectivity index (χ4n) is 7.93. The van der Waals surface area contributed by atoms with Crippen molar-refractivity contribution >= 4 is 65.7 Å². The zero-order valence-electron chi connectivity index (χ0n) is 43.4. The molecule has 0 radical (unpaired) electrons. The topological polar surface area (TPSA) is 66.3 Å². The number of nitrogens with zero attached hydrogens (tertiary/aromatic N) is 7. The highest BCUT2D eigenvalue weighted by atomic mass is 15.1. The second-order valence-corrected chi connectivity index (χ2v) is 13.2. The molecule has 0 spiro atoms. The number of benzene rings is 6. The van der Waals surface area contributed by atoms with Crippen LogP contribution in [0.15, 0.2) is 188 Å². The lowest BCUT2D eigenvalue weighted by molar-refractivity contribution is 1.04. The van der Waals surface area contributed by atoms with Gasteiger partial charge < -0.3 is 9.13 Å². The Labute approximate surface area is 346 Å². The highest BCUT2D eigenvalue weighted by Gasteiger charge is 2.25. The molecule has 0 saturated carbocycles. The summed E-state index contributed by atoms with van der Waals surface area (Å²) in [6.07, 6.45) is 3.40. The SMILES string of the molecule is [2H]c1c(-c2c([2H])c([2H])c([2H])c([2H])c2[2H])nc(-c2cccc(-n3c4ccccc4c4ncccc43)c2-n2c3ccccc3c3ncccc32)nc1-n1c2c([2H])c([2H])c([2H])c([2H])c2c2c([2H])c([2H])c([2H])c([2H])c21. The van der Waals surface area contributed by atoms with Gasteiger partial charge in [0.05, 0.1) is 80.4 Å². The van der Waals surface area contributed by atoms with Crippen LogP contribution >= 0.6 is 0 Å². The van der Waals surface area contributed by atoms with Crippen molar-refractivity contribution in [2.24, 2.45) is 0 Å². The van der Waals surface area contributed by atoms with Crippen LogP contribution in [0.4, 0.5) is 0 Å². The predicted molar refractivity (Wildman–Crippen MR) is 232 cm³/mol. The third-order valence-corrected chi connectivity index (χ3v) is 10.2. The summed E-state index contributed by atoms with van der Waals surface area (Å²) in [7, 11) is 0. The van der Waals surface area contributed by atoms with Gasteiger partial charge in [0.25, 0.3) is 0 Å². The van der Waals surface area contributed by atoms with Crippen molar-refractivity contribution in [1.82, 2.24) is 33.6 Å². The molecule has 0 N–H and O–H groups in total. The first-order valence-electron chi connectivity index (χ1n) is 24.9. The van der Waals surface area contributed by atoms with E-state index < -0.39 is 102 Å². The lowest BCUT2D eigenvalue weighted by Gasteiger charge is -2.20. The van der Waals surface area contributed by atoms with Gasteiger partial charge in [0.1, 0.15) is 5.82 Å². The average Bonchev–Trinajstić information content (AvgIpc) is 4.04. The largest absolute Gasteiger partial charge is 0.305 e. The Kier molecular flexibility index (Phi) is 4.47. The first kappa shape index (κ1) is 20.7. The molecule has 0 saturated heterocycles. The minimum atomic E-state index is -0.720. The minimum Gasteiger partial charge on any atom is -0.305 e. The Morgan fingerprint density at radius 1 is 0.439 bits per heavy atom. The van der Waals surface area contributed by atoms with E-state index in [1.807, 2.05) is 81.9 Å². The maximum Gasteiger partial charge on any atom is 0.164 e. The number of aromatic nitrogens is 7. The number of pyridine rings is 2. The molecule has 6 heterocycles. The van der Waals surface area contributed by atoms with Gasteiger partial charge in [-0.2, -0.15) is 0 Å². The van der Waals surface area contributed by atoms with Crippen molar-refractivity contribution in [2.75, 3.05) is 0 Å². The fourth-order valence-corrected chi connectivity index (χ4v) is 7.93. The molecule has 6 aromatic heterocycles. The fraction of sp³-hybridized carbons (Fsp3) is 0. The summed E-state index contributed by atoms with van der Waals surface area (Å²) in [5, 5.41) is 1.10. The van der Waals surface area contributed by atoms with Crippen LogP contribution in [0, 0.1) is 0 Å². The van der Waals surface area contributed by atoms with Gasteiger partial charge >= 0.3 is 0 Å². The van der Waals surface area contributed by atoms with Gasteiger partial charge in [0.2, 0.25) is 0 Å². The van der Waals surface area contributed by atoms with Crippen molar-refractivity contribution < 1.29 is 19.2 Å². The highest BCUT2D eigenvalue weighted by molar-refractivity contribution is 6.11. The highest BCUT2D eigenvalue weighted by Crippen LogP contribution is 2.42. The normalized spacial score (nSPS) is 15.3. The molecule has 7 heteroatoms. The molecule has 7 nitrogen and oxygen atoms in total. The lowest BCUT2D eigenvalue weighted by atomic mass is 10.1. The molecule has 0 aliphatic rings. The quantitative estimate of drug-likeness (QED) is 0.176. The average molecular weight is 744 g/mol. The van der Waals surface area contributed by atoms with Gasteiger partial charge in [0.15, 0.2) is 5.82 Å². The van der Waals surface area contributed by atoms with Crippen LogP contribution in [0.3, 0.4) is 0 Å². The van der Waals surface area contributed by atoms with E-state index in [0.29, 0.717) is 33.4 Å². The van der Waals surface area contributed by atoms with Crippen molar-refractivity contribution in [3.05, 3.63) is 188 Å². The Balaban J connectivity index is 1.33. The van der Waals surface area contributed by atoms with Crippen molar-refractivity contribution in [1.29, 1.82) is 0 Å². The van der Waals surface area contributed by atoms with E-state index in [2.05, 4.69) is 0 Å². The summed E-state index contributed by atoms with van der Waals surface area (Å²) in [4.78, 5) is 19.6. The summed E-state index contributed by atoms with van der Waals surface area (Å²) in [6, 6.07) is 18.8. The van der Waals surface area contributed by atoms with E-state index in [-0.39, 0.29) is 33.2 Å². The van der Waals surface area contributed by atoms with E-state index in [1.54, 1.807) is 30.6 Å². The third-order valence-electron chi connectivity index (χ3n) is 10.2. The molecular formula is C50H31N7. The lowest BCUT2D eigenvalue weighted by Crippen LogP contribution is -2.08. The smallest absolute Gasteiger partial charge is 0.164 e. The van der Waals surface area contributed by atoms with Crippen LogP contribution < -0.4 is 0 Å². The van der Waals surface area contributed by atoms with Crippen molar-refractivity contribution in [2.45, 2.75) is 0 Å². The molecule has 12 rings (SSSR count). The summed E-state index contributed by atoms with van der Waals surface area (Å²) < 4.78 is 131. The number of hydrogen-bond donors (Lipinski definition) is 0. The Morgan fingerprint density at radius 3 is 1.70 bits per heavy atom. The predicted octanol–water partition coefficient (Wildman–Crippen LogP) is 11.9. The van der Waals surface area contributed by atoms with Crippen LogP contribution in [0.2, 0.25) is 0 Å². The molecular weight excluding hydrogens is 699 g/mol. The zero-order chi connectivity index (χ0) is 49.6. The van der Waals surface area contributed by atoms with Gasteiger partial charge in [-0.05, 0) is 60.6 Å². The first-order valence-corrected chi connectivity index (χ1v) is 17.9. The van der Waals surface area contributed by atoms with E-state index in [4.69, 9.17) is 35.0 Å². The summed E-state index contributed by atoms with van der Waals surface area (Å²) in [5.41, 5.74) is 3.94. The Hall–Kier alpha value is -7.90. The Bertz CT molecular complexity index is 4160. The minimum absolute atomic E-state index is 0.194. The zero-order valence-corrected chi connectivity index (χ0v) is 29.4. The summed E-state index contributed by atoms with van der Waals surface area (Å²) in [5.74, 6) is -0.673. The molecule has 0 aliphatic heterocycles. The summed E-state index contributed by atoms with van der Waals surface area (Å²) in [6.45, 7) is 0. The molecule has 0 fully saturated rings. The number of fused-ring (bicyclic) bond motifs is 9. The molecule has 0 unspecified atom stereocenters. The molecule has 0 bridgehead atoms. The van der Waals surface area contributed by atoms with Crippen LogP contribution in [0.5, 0.6) is 0 Å².